The smallest absolute Gasteiger partial charge is 0.255 e. The minimum Gasteiger partial charge on any atom is -0.375 e. The van der Waals surface area contributed by atoms with Crippen molar-refractivity contribution in [2.75, 3.05) is 18.5 Å². The minimum atomic E-state index is -0.184. The zero-order chi connectivity index (χ0) is 15.5. The van der Waals surface area contributed by atoms with Gasteiger partial charge in [0.1, 0.15) is 5.82 Å². The lowest BCUT2D eigenvalue weighted by molar-refractivity contribution is -0.0615. The Morgan fingerprint density at radius 3 is 3.00 bits per heavy atom. The standard InChI is InChI=1S/C15H22BrN3O2/c1-4-17-13-12(7-10(16)9-18-13)14(20)19-11-5-6-21-15(2,3)8-11/h7,9,11H,4-6,8H2,1-3H3,(H,17,18)(H,19,20). The number of amides is 1. The lowest BCUT2D eigenvalue weighted by Gasteiger charge is -2.35. The molecule has 0 spiro atoms. The molecule has 0 aromatic carbocycles. The Morgan fingerprint density at radius 2 is 2.33 bits per heavy atom. The second kappa shape index (κ2) is 6.75. The third-order valence-electron chi connectivity index (χ3n) is 3.48. The molecule has 116 valence electrons. The van der Waals surface area contributed by atoms with E-state index < -0.39 is 0 Å². The maximum absolute atomic E-state index is 12.5. The van der Waals surface area contributed by atoms with Crippen molar-refractivity contribution in [3.05, 3.63) is 22.3 Å². The molecule has 21 heavy (non-hydrogen) atoms. The van der Waals surface area contributed by atoms with Crippen molar-refractivity contribution in [1.29, 1.82) is 0 Å². The third-order valence-corrected chi connectivity index (χ3v) is 3.91. The molecule has 1 aromatic heterocycles. The van der Waals surface area contributed by atoms with Crippen LogP contribution >= 0.6 is 15.9 Å². The summed E-state index contributed by atoms with van der Waals surface area (Å²) >= 11 is 3.37. The highest BCUT2D eigenvalue weighted by molar-refractivity contribution is 9.10. The summed E-state index contributed by atoms with van der Waals surface area (Å²) in [7, 11) is 0. The number of nitrogens with one attached hydrogen (secondary N) is 2. The Morgan fingerprint density at radius 1 is 1.57 bits per heavy atom. The van der Waals surface area contributed by atoms with Crippen molar-refractivity contribution in [3.8, 4) is 0 Å². The van der Waals surface area contributed by atoms with E-state index in [1.807, 2.05) is 6.92 Å². The number of hydrogen-bond donors (Lipinski definition) is 2. The van der Waals surface area contributed by atoms with Crippen molar-refractivity contribution in [3.63, 3.8) is 0 Å². The number of ether oxygens (including phenoxy) is 1. The molecule has 1 aromatic rings. The SMILES string of the molecule is CCNc1ncc(Br)cc1C(=O)NC1CCOC(C)(C)C1. The van der Waals surface area contributed by atoms with E-state index >= 15 is 0 Å². The highest BCUT2D eigenvalue weighted by Gasteiger charge is 2.30. The second-order valence-corrected chi connectivity index (χ2v) is 6.77. The molecule has 0 saturated carbocycles. The average molecular weight is 356 g/mol. The van der Waals surface area contributed by atoms with Crippen LogP contribution in [-0.2, 0) is 4.74 Å². The summed E-state index contributed by atoms with van der Waals surface area (Å²) in [5.74, 6) is 0.520. The number of nitrogens with zero attached hydrogens (tertiary/aromatic N) is 1. The number of carbonyl (C=O) groups excluding carboxylic acids is 1. The van der Waals surface area contributed by atoms with Gasteiger partial charge in [-0.1, -0.05) is 0 Å². The van der Waals surface area contributed by atoms with Crippen LogP contribution in [0.5, 0.6) is 0 Å². The van der Waals surface area contributed by atoms with E-state index in [9.17, 15) is 4.79 Å². The Bertz CT molecular complexity index is 520. The lowest BCUT2D eigenvalue weighted by Crippen LogP contribution is -2.45. The summed E-state index contributed by atoms with van der Waals surface area (Å²) in [6.07, 6.45) is 3.34. The van der Waals surface area contributed by atoms with Gasteiger partial charge in [0.2, 0.25) is 0 Å². The van der Waals surface area contributed by atoms with Crippen LogP contribution in [0.2, 0.25) is 0 Å². The van der Waals surface area contributed by atoms with Gasteiger partial charge in [-0.25, -0.2) is 4.98 Å². The number of anilines is 1. The normalized spacial score (nSPS) is 20.9. The fourth-order valence-corrected chi connectivity index (χ4v) is 2.87. The number of pyridine rings is 1. The lowest BCUT2D eigenvalue weighted by atomic mass is 9.94. The topological polar surface area (TPSA) is 63.2 Å². The highest BCUT2D eigenvalue weighted by Crippen LogP contribution is 2.25. The first kappa shape index (κ1) is 16.2. The summed E-state index contributed by atoms with van der Waals surface area (Å²) in [6.45, 7) is 7.48. The van der Waals surface area contributed by atoms with Crippen LogP contribution in [0.3, 0.4) is 0 Å². The van der Waals surface area contributed by atoms with Gasteiger partial charge >= 0.3 is 0 Å². The van der Waals surface area contributed by atoms with Crippen LogP contribution in [0.25, 0.3) is 0 Å². The van der Waals surface area contributed by atoms with E-state index in [1.54, 1.807) is 12.3 Å². The maximum atomic E-state index is 12.5. The Hall–Kier alpha value is -1.14. The molecule has 1 amide bonds. The van der Waals surface area contributed by atoms with E-state index in [-0.39, 0.29) is 17.6 Å². The molecular weight excluding hydrogens is 334 g/mol. The van der Waals surface area contributed by atoms with Gasteiger partial charge in [0.15, 0.2) is 0 Å². The molecule has 1 fully saturated rings. The van der Waals surface area contributed by atoms with Crippen LogP contribution in [-0.4, -0.2) is 35.7 Å². The highest BCUT2D eigenvalue weighted by atomic mass is 79.9. The molecule has 1 saturated heterocycles. The Balaban J connectivity index is 2.11. The van der Waals surface area contributed by atoms with Crippen molar-refractivity contribution < 1.29 is 9.53 Å². The van der Waals surface area contributed by atoms with Crippen molar-refractivity contribution in [2.45, 2.75) is 45.3 Å². The molecule has 1 aliphatic heterocycles. The molecule has 0 aliphatic carbocycles. The van der Waals surface area contributed by atoms with Gasteiger partial charge < -0.3 is 15.4 Å². The van der Waals surface area contributed by atoms with E-state index in [0.29, 0.717) is 18.0 Å². The van der Waals surface area contributed by atoms with Gasteiger partial charge in [-0.05, 0) is 55.6 Å². The number of hydrogen-bond acceptors (Lipinski definition) is 4. The zero-order valence-corrected chi connectivity index (χ0v) is 14.3. The molecule has 5 nitrogen and oxygen atoms in total. The van der Waals surface area contributed by atoms with Gasteiger partial charge in [0, 0.05) is 29.9 Å². The molecule has 2 rings (SSSR count). The third kappa shape index (κ3) is 4.41. The van der Waals surface area contributed by atoms with Crippen molar-refractivity contribution >= 4 is 27.7 Å². The first-order valence-corrected chi connectivity index (χ1v) is 8.05. The number of carbonyl (C=O) groups is 1. The van der Waals surface area contributed by atoms with Gasteiger partial charge in [-0.2, -0.15) is 0 Å². The van der Waals surface area contributed by atoms with Crippen molar-refractivity contribution in [2.24, 2.45) is 0 Å². The van der Waals surface area contributed by atoms with E-state index in [2.05, 4.69) is 45.4 Å². The summed E-state index contributed by atoms with van der Waals surface area (Å²) in [5.41, 5.74) is 0.381. The van der Waals surface area contributed by atoms with Gasteiger partial charge in [-0.15, -0.1) is 0 Å². The van der Waals surface area contributed by atoms with Gasteiger partial charge in [-0.3, -0.25) is 4.79 Å². The molecule has 1 atom stereocenters. The second-order valence-electron chi connectivity index (χ2n) is 5.85. The van der Waals surface area contributed by atoms with E-state index in [1.165, 1.54) is 0 Å². The van der Waals surface area contributed by atoms with Gasteiger partial charge in [0.25, 0.3) is 5.91 Å². The summed E-state index contributed by atoms with van der Waals surface area (Å²) in [5, 5.41) is 6.22. The molecule has 1 aliphatic rings. The van der Waals surface area contributed by atoms with Crippen LogP contribution in [0.15, 0.2) is 16.7 Å². The Labute approximate surface area is 134 Å². The molecule has 2 heterocycles. The average Bonchev–Trinajstić information content (AvgIpc) is 2.40. The molecule has 6 heteroatoms. The number of rotatable bonds is 4. The summed E-state index contributed by atoms with van der Waals surface area (Å²) < 4.78 is 6.47. The van der Waals surface area contributed by atoms with Crippen LogP contribution in [0, 0.1) is 0 Å². The largest absolute Gasteiger partial charge is 0.375 e. The maximum Gasteiger partial charge on any atom is 0.255 e. The van der Waals surface area contributed by atoms with E-state index in [0.717, 1.165) is 23.9 Å². The van der Waals surface area contributed by atoms with E-state index in [4.69, 9.17) is 4.74 Å². The fraction of sp³-hybridized carbons (Fsp3) is 0.600. The summed E-state index contributed by atoms with van der Waals surface area (Å²) in [6, 6.07) is 1.93. The fourth-order valence-electron chi connectivity index (χ4n) is 2.54. The zero-order valence-electron chi connectivity index (χ0n) is 12.7. The molecule has 0 bridgehead atoms. The molecule has 1 unspecified atom stereocenters. The van der Waals surface area contributed by atoms with Crippen LogP contribution in [0.1, 0.15) is 44.0 Å². The monoisotopic (exact) mass is 355 g/mol. The van der Waals surface area contributed by atoms with Gasteiger partial charge in [0.05, 0.1) is 11.2 Å². The van der Waals surface area contributed by atoms with Crippen molar-refractivity contribution in [1.82, 2.24) is 10.3 Å². The van der Waals surface area contributed by atoms with Crippen LogP contribution < -0.4 is 10.6 Å². The molecule has 2 N–H and O–H groups in total. The quantitative estimate of drug-likeness (QED) is 0.871. The predicted molar refractivity (Wildman–Crippen MR) is 86.6 cm³/mol. The predicted octanol–water partition coefficient (Wildman–Crippen LogP) is 2.96. The number of halogens is 1. The first-order chi connectivity index (χ1) is 9.91. The first-order valence-electron chi connectivity index (χ1n) is 7.25. The minimum absolute atomic E-state index is 0.0950. The Kier molecular flexibility index (Phi) is 5.22. The molecular formula is C15H22BrN3O2. The molecule has 0 radical (unpaired) electrons. The number of aromatic nitrogens is 1. The van der Waals surface area contributed by atoms with Crippen LogP contribution in [0.4, 0.5) is 5.82 Å². The summed E-state index contributed by atoms with van der Waals surface area (Å²) in [4.78, 5) is 16.8.